The van der Waals surface area contributed by atoms with Gasteiger partial charge >= 0.3 is 6.03 Å². The smallest absolute Gasteiger partial charge is 0.315 e. The number of nitrogens with zero attached hydrogens (tertiary/aromatic N) is 1. The Balaban J connectivity index is 1.41. The Morgan fingerprint density at radius 2 is 2.35 bits per heavy atom. The fraction of sp³-hybridized carbons (Fsp3) is 0.412. The molecule has 2 N–H and O–H groups in total. The average Bonchev–Trinajstić information content (AvgIpc) is 3.23. The van der Waals surface area contributed by atoms with Crippen LogP contribution in [0.2, 0.25) is 0 Å². The van der Waals surface area contributed by atoms with Crippen molar-refractivity contribution in [1.29, 1.82) is 0 Å². The van der Waals surface area contributed by atoms with Gasteiger partial charge in [0, 0.05) is 11.6 Å². The minimum atomic E-state index is -0.162. The van der Waals surface area contributed by atoms with Crippen LogP contribution in [-0.4, -0.2) is 24.2 Å². The van der Waals surface area contributed by atoms with Gasteiger partial charge in [0.2, 0.25) is 0 Å². The lowest BCUT2D eigenvalue weighted by Crippen LogP contribution is -2.40. The second-order valence-corrected chi connectivity index (χ2v) is 6.68. The number of ether oxygens (including phenoxy) is 1. The fourth-order valence-corrected chi connectivity index (χ4v) is 3.21. The van der Waals surface area contributed by atoms with Crippen molar-refractivity contribution < 1.29 is 9.53 Å². The van der Waals surface area contributed by atoms with Crippen LogP contribution >= 0.6 is 11.3 Å². The van der Waals surface area contributed by atoms with Crippen molar-refractivity contribution >= 4 is 17.4 Å². The molecule has 1 aromatic carbocycles. The summed E-state index contributed by atoms with van der Waals surface area (Å²) < 4.78 is 5.62. The van der Waals surface area contributed by atoms with Crippen molar-refractivity contribution in [2.24, 2.45) is 5.92 Å². The summed E-state index contributed by atoms with van der Waals surface area (Å²) in [7, 11) is 0. The van der Waals surface area contributed by atoms with Crippen LogP contribution in [0.25, 0.3) is 0 Å². The molecule has 0 spiro atoms. The van der Waals surface area contributed by atoms with Gasteiger partial charge in [-0.2, -0.15) is 0 Å². The molecule has 0 radical (unpaired) electrons. The van der Waals surface area contributed by atoms with Gasteiger partial charge in [0.25, 0.3) is 0 Å². The van der Waals surface area contributed by atoms with Gasteiger partial charge in [0.1, 0.15) is 17.4 Å². The van der Waals surface area contributed by atoms with E-state index >= 15 is 0 Å². The number of amides is 2. The van der Waals surface area contributed by atoms with E-state index in [0.717, 1.165) is 29.2 Å². The SMILES string of the molecule is Cc1cccc(OCCNC(=O)N[C@H](c2nccs2)C2CC2)c1. The first-order chi connectivity index (χ1) is 11.2. The Hall–Kier alpha value is -2.08. The molecule has 2 amide bonds. The summed E-state index contributed by atoms with van der Waals surface area (Å²) in [5.41, 5.74) is 1.16. The Morgan fingerprint density at radius 3 is 3.04 bits per heavy atom. The Bertz CT molecular complexity index is 641. The molecule has 3 rings (SSSR count). The molecule has 122 valence electrons. The number of aryl methyl sites for hydroxylation is 1. The predicted molar refractivity (Wildman–Crippen MR) is 90.8 cm³/mol. The molecule has 1 atom stereocenters. The molecule has 0 bridgehead atoms. The molecule has 1 heterocycles. The van der Waals surface area contributed by atoms with Gasteiger partial charge in [-0.05, 0) is 43.4 Å². The Morgan fingerprint density at radius 1 is 1.48 bits per heavy atom. The molecule has 23 heavy (non-hydrogen) atoms. The van der Waals surface area contributed by atoms with Crippen LogP contribution in [0.5, 0.6) is 5.75 Å². The van der Waals surface area contributed by atoms with Gasteiger partial charge in [0.05, 0.1) is 12.6 Å². The minimum Gasteiger partial charge on any atom is -0.492 e. The monoisotopic (exact) mass is 331 g/mol. The van der Waals surface area contributed by atoms with Crippen LogP contribution in [0.4, 0.5) is 4.79 Å². The van der Waals surface area contributed by atoms with Gasteiger partial charge in [-0.15, -0.1) is 11.3 Å². The van der Waals surface area contributed by atoms with E-state index in [1.807, 2.05) is 36.6 Å². The number of carbonyl (C=O) groups is 1. The molecular formula is C17H21N3O2S. The van der Waals surface area contributed by atoms with E-state index in [1.165, 1.54) is 0 Å². The number of thiazole rings is 1. The summed E-state index contributed by atoms with van der Waals surface area (Å²) in [5.74, 6) is 1.35. The molecule has 0 unspecified atom stereocenters. The summed E-state index contributed by atoms with van der Waals surface area (Å²) in [6.45, 7) is 2.94. The third-order valence-electron chi connectivity index (χ3n) is 3.74. The van der Waals surface area contributed by atoms with Crippen molar-refractivity contribution in [2.45, 2.75) is 25.8 Å². The molecular weight excluding hydrogens is 310 g/mol. The summed E-state index contributed by atoms with van der Waals surface area (Å²) in [5, 5.41) is 8.81. The lowest BCUT2D eigenvalue weighted by atomic mass is 10.2. The van der Waals surface area contributed by atoms with Crippen LogP contribution in [0.3, 0.4) is 0 Å². The number of urea groups is 1. The zero-order chi connectivity index (χ0) is 16.1. The van der Waals surface area contributed by atoms with E-state index in [2.05, 4.69) is 15.6 Å². The molecule has 1 aliphatic rings. The number of rotatable bonds is 7. The summed E-state index contributed by atoms with van der Waals surface area (Å²) in [6, 6.07) is 7.75. The molecule has 2 aromatic rings. The standard InChI is InChI=1S/C17H21N3O2S/c1-12-3-2-4-14(11-12)22-9-7-19-17(21)20-15(13-5-6-13)16-18-8-10-23-16/h2-4,8,10-11,13,15H,5-7,9H2,1H3,(H2,19,20,21)/t15-/m0/s1. The van der Waals surface area contributed by atoms with Crippen molar-refractivity contribution in [1.82, 2.24) is 15.6 Å². The maximum Gasteiger partial charge on any atom is 0.315 e. The number of nitrogens with one attached hydrogen (secondary N) is 2. The van der Waals surface area contributed by atoms with Gasteiger partial charge in [-0.3, -0.25) is 0 Å². The van der Waals surface area contributed by atoms with E-state index in [-0.39, 0.29) is 12.1 Å². The highest BCUT2D eigenvalue weighted by Gasteiger charge is 2.34. The topological polar surface area (TPSA) is 63.2 Å². The first-order valence-electron chi connectivity index (χ1n) is 7.85. The van der Waals surface area contributed by atoms with Crippen LogP contribution in [0.1, 0.15) is 29.5 Å². The van der Waals surface area contributed by atoms with Crippen LogP contribution in [-0.2, 0) is 0 Å². The normalized spacial score (nSPS) is 15.0. The van der Waals surface area contributed by atoms with E-state index in [9.17, 15) is 4.79 Å². The van der Waals surface area contributed by atoms with Gasteiger partial charge in [-0.1, -0.05) is 12.1 Å². The highest BCUT2D eigenvalue weighted by molar-refractivity contribution is 7.09. The Labute approximate surface area is 140 Å². The zero-order valence-corrected chi connectivity index (χ0v) is 13.9. The third-order valence-corrected chi connectivity index (χ3v) is 4.60. The molecule has 1 aliphatic carbocycles. The van der Waals surface area contributed by atoms with Crippen LogP contribution in [0.15, 0.2) is 35.8 Å². The minimum absolute atomic E-state index is 0.0349. The second kappa shape index (κ2) is 7.46. The maximum atomic E-state index is 12.0. The molecule has 1 fully saturated rings. The van der Waals surface area contributed by atoms with Crippen molar-refractivity contribution in [3.05, 3.63) is 46.4 Å². The first-order valence-corrected chi connectivity index (χ1v) is 8.73. The lowest BCUT2D eigenvalue weighted by Gasteiger charge is -2.16. The molecule has 1 aromatic heterocycles. The average molecular weight is 331 g/mol. The molecule has 6 heteroatoms. The predicted octanol–water partition coefficient (Wildman–Crippen LogP) is 3.28. The van der Waals surface area contributed by atoms with Gasteiger partial charge in [-0.25, -0.2) is 9.78 Å². The van der Waals surface area contributed by atoms with E-state index in [4.69, 9.17) is 4.74 Å². The second-order valence-electron chi connectivity index (χ2n) is 5.75. The van der Waals surface area contributed by atoms with Crippen LogP contribution in [0, 0.1) is 12.8 Å². The number of hydrogen-bond acceptors (Lipinski definition) is 4. The number of carbonyl (C=O) groups excluding carboxylic acids is 1. The quantitative estimate of drug-likeness (QED) is 0.765. The largest absolute Gasteiger partial charge is 0.492 e. The van der Waals surface area contributed by atoms with Crippen molar-refractivity contribution in [3.63, 3.8) is 0 Å². The van der Waals surface area contributed by atoms with Crippen molar-refractivity contribution in [3.8, 4) is 5.75 Å². The third kappa shape index (κ3) is 4.69. The Kier molecular flexibility index (Phi) is 5.12. The van der Waals surface area contributed by atoms with Crippen LogP contribution < -0.4 is 15.4 Å². The summed E-state index contributed by atoms with van der Waals surface area (Å²) >= 11 is 1.59. The maximum absolute atomic E-state index is 12.0. The first kappa shape index (κ1) is 15.8. The van der Waals surface area contributed by atoms with E-state index in [0.29, 0.717) is 19.1 Å². The van der Waals surface area contributed by atoms with E-state index < -0.39 is 0 Å². The highest BCUT2D eigenvalue weighted by atomic mass is 32.1. The molecule has 0 aliphatic heterocycles. The molecule has 0 saturated heterocycles. The summed E-state index contributed by atoms with van der Waals surface area (Å²) in [4.78, 5) is 16.4. The van der Waals surface area contributed by atoms with Gasteiger partial charge in [0.15, 0.2) is 0 Å². The van der Waals surface area contributed by atoms with E-state index in [1.54, 1.807) is 17.5 Å². The highest BCUT2D eigenvalue weighted by Crippen LogP contribution is 2.41. The molecule has 1 saturated carbocycles. The lowest BCUT2D eigenvalue weighted by molar-refractivity contribution is 0.231. The van der Waals surface area contributed by atoms with Gasteiger partial charge < -0.3 is 15.4 Å². The number of hydrogen-bond donors (Lipinski definition) is 2. The summed E-state index contributed by atoms with van der Waals surface area (Å²) in [6.07, 6.45) is 4.09. The molecule has 5 nitrogen and oxygen atoms in total. The number of aromatic nitrogens is 1. The van der Waals surface area contributed by atoms with Crippen molar-refractivity contribution in [2.75, 3.05) is 13.2 Å². The zero-order valence-electron chi connectivity index (χ0n) is 13.1. The fourth-order valence-electron chi connectivity index (χ4n) is 2.43. The number of benzene rings is 1.